The predicted octanol–water partition coefficient (Wildman–Crippen LogP) is 5.92. The van der Waals surface area contributed by atoms with E-state index in [-0.39, 0.29) is 0 Å². The second kappa shape index (κ2) is 9.91. The molecule has 2 aromatic carbocycles. The molecule has 3 aromatic rings. The summed E-state index contributed by atoms with van der Waals surface area (Å²) in [6.07, 6.45) is 0. The van der Waals surface area contributed by atoms with Crippen LogP contribution in [0.15, 0.2) is 70.2 Å². The van der Waals surface area contributed by atoms with Crippen LogP contribution >= 0.6 is 22.9 Å². The number of ether oxygens (including phenoxy) is 2. The van der Waals surface area contributed by atoms with Crippen molar-refractivity contribution in [3.63, 3.8) is 0 Å². The van der Waals surface area contributed by atoms with Gasteiger partial charge in [-0.15, -0.1) is 11.3 Å². The molecule has 0 amide bonds. The van der Waals surface area contributed by atoms with Crippen LogP contribution in [0.5, 0.6) is 0 Å². The Morgan fingerprint density at radius 2 is 1.74 bits per heavy atom. The van der Waals surface area contributed by atoms with Crippen molar-refractivity contribution in [3.8, 4) is 21.8 Å². The zero-order chi connectivity index (χ0) is 24.4. The highest BCUT2D eigenvalue weighted by Crippen LogP contribution is 2.41. The van der Waals surface area contributed by atoms with E-state index in [0.29, 0.717) is 22.0 Å². The zero-order valence-corrected chi connectivity index (χ0v) is 20.7. The first-order valence-corrected chi connectivity index (χ1v) is 11.8. The van der Waals surface area contributed by atoms with Gasteiger partial charge in [0.05, 0.1) is 25.5 Å². The van der Waals surface area contributed by atoms with E-state index in [0.717, 1.165) is 27.4 Å². The normalized spacial score (nSPS) is 17.9. The number of halogens is 1. The molecule has 0 saturated carbocycles. The summed E-state index contributed by atoms with van der Waals surface area (Å²) in [4.78, 5) is 34.8. The van der Waals surface area contributed by atoms with Crippen LogP contribution in [0.2, 0.25) is 5.02 Å². The van der Waals surface area contributed by atoms with Crippen LogP contribution < -0.4 is 0 Å². The molecule has 0 aliphatic carbocycles. The average molecular weight is 495 g/mol. The van der Waals surface area contributed by atoms with Gasteiger partial charge < -0.3 is 9.47 Å². The van der Waals surface area contributed by atoms with Crippen molar-refractivity contribution < 1.29 is 19.1 Å². The third kappa shape index (κ3) is 4.54. The SMILES string of the molecule is COC(=O)C1=C(C)N=C(C)C(C(=O)OC)C1c1cccc(-c2nc(-c3ccc(Cl)cc3)cs2)c1. The molecule has 0 fully saturated rings. The molecule has 0 N–H and O–H groups in total. The maximum absolute atomic E-state index is 12.8. The molecule has 6 nitrogen and oxygen atoms in total. The largest absolute Gasteiger partial charge is 0.468 e. The van der Waals surface area contributed by atoms with Gasteiger partial charge in [-0.25, -0.2) is 9.78 Å². The minimum absolute atomic E-state index is 0.349. The Balaban J connectivity index is 1.78. The zero-order valence-electron chi connectivity index (χ0n) is 19.2. The molecule has 174 valence electrons. The Labute approximate surface area is 206 Å². The van der Waals surface area contributed by atoms with Gasteiger partial charge in [-0.2, -0.15) is 0 Å². The van der Waals surface area contributed by atoms with Crippen LogP contribution in [0.4, 0.5) is 0 Å². The molecule has 0 radical (unpaired) electrons. The smallest absolute Gasteiger partial charge is 0.336 e. The van der Waals surface area contributed by atoms with Crippen molar-refractivity contribution in [2.45, 2.75) is 19.8 Å². The monoisotopic (exact) mass is 494 g/mol. The third-order valence-electron chi connectivity index (χ3n) is 5.83. The highest BCUT2D eigenvalue weighted by molar-refractivity contribution is 7.13. The van der Waals surface area contributed by atoms with Crippen molar-refractivity contribution in [1.29, 1.82) is 0 Å². The highest BCUT2D eigenvalue weighted by Gasteiger charge is 2.42. The molecule has 0 spiro atoms. The van der Waals surface area contributed by atoms with Gasteiger partial charge in [0.15, 0.2) is 0 Å². The number of benzene rings is 2. The fourth-order valence-electron chi connectivity index (χ4n) is 4.23. The van der Waals surface area contributed by atoms with Crippen molar-refractivity contribution in [2.75, 3.05) is 14.2 Å². The Morgan fingerprint density at radius 3 is 2.41 bits per heavy atom. The van der Waals surface area contributed by atoms with E-state index in [1.165, 1.54) is 25.6 Å². The van der Waals surface area contributed by atoms with E-state index in [1.54, 1.807) is 13.8 Å². The topological polar surface area (TPSA) is 77.8 Å². The van der Waals surface area contributed by atoms with E-state index in [4.69, 9.17) is 26.1 Å². The number of rotatable bonds is 5. The standard InChI is InChI=1S/C26H23ClN2O4S/c1-14-21(25(30)32-3)23(22(15(2)28-14)26(31)33-4)17-6-5-7-18(12-17)24-29-20(13-34-24)16-8-10-19(27)11-9-16/h5-13,21,23H,1-4H3. The number of hydrogen-bond donors (Lipinski definition) is 0. The van der Waals surface area contributed by atoms with E-state index >= 15 is 0 Å². The molecule has 1 aliphatic rings. The van der Waals surface area contributed by atoms with Crippen LogP contribution in [-0.2, 0) is 19.1 Å². The summed E-state index contributed by atoms with van der Waals surface area (Å²) in [5.74, 6) is -2.30. The summed E-state index contributed by atoms with van der Waals surface area (Å²) >= 11 is 7.52. The van der Waals surface area contributed by atoms with Gasteiger partial charge in [0.2, 0.25) is 0 Å². The molecule has 8 heteroatoms. The first kappa shape index (κ1) is 23.9. The van der Waals surface area contributed by atoms with Crippen molar-refractivity contribution in [3.05, 3.63) is 75.8 Å². The number of carbonyl (C=O) groups excluding carboxylic acids is 2. The van der Waals surface area contributed by atoms with Gasteiger partial charge in [-0.3, -0.25) is 9.79 Å². The number of carbonyl (C=O) groups is 2. The Bertz CT molecular complexity index is 1310. The second-order valence-electron chi connectivity index (χ2n) is 7.89. The number of thiazole rings is 1. The highest BCUT2D eigenvalue weighted by atomic mass is 35.5. The van der Waals surface area contributed by atoms with Crippen LogP contribution in [0.1, 0.15) is 25.3 Å². The van der Waals surface area contributed by atoms with E-state index in [2.05, 4.69) is 4.99 Å². The van der Waals surface area contributed by atoms with Crippen LogP contribution in [0, 0.1) is 5.92 Å². The van der Waals surface area contributed by atoms with E-state index in [9.17, 15) is 9.59 Å². The van der Waals surface area contributed by atoms with Crippen LogP contribution in [-0.4, -0.2) is 36.9 Å². The van der Waals surface area contributed by atoms with Crippen molar-refractivity contribution in [1.82, 2.24) is 4.98 Å². The van der Waals surface area contributed by atoms with Crippen molar-refractivity contribution in [2.24, 2.45) is 10.9 Å². The molecule has 0 saturated heterocycles. The minimum Gasteiger partial charge on any atom is -0.468 e. The number of nitrogens with zero attached hydrogens (tertiary/aromatic N) is 2. The summed E-state index contributed by atoms with van der Waals surface area (Å²) in [6, 6.07) is 15.2. The molecular formula is C26H23ClN2O4S. The fraction of sp³-hybridized carbons (Fsp3) is 0.231. The number of allylic oxidation sites excluding steroid dienone is 1. The minimum atomic E-state index is -0.737. The summed E-state index contributed by atoms with van der Waals surface area (Å²) in [5.41, 5.74) is 4.95. The Hall–Kier alpha value is -3.29. The first-order valence-electron chi connectivity index (χ1n) is 10.6. The van der Waals surface area contributed by atoms with Gasteiger partial charge in [-0.1, -0.05) is 41.9 Å². The molecule has 1 aliphatic heterocycles. The van der Waals surface area contributed by atoms with Gasteiger partial charge in [0.1, 0.15) is 10.9 Å². The predicted molar refractivity (Wildman–Crippen MR) is 134 cm³/mol. The number of methoxy groups -OCH3 is 2. The lowest BCUT2D eigenvalue weighted by atomic mass is 9.75. The lowest BCUT2D eigenvalue weighted by molar-refractivity contribution is -0.143. The average Bonchev–Trinajstić information content (AvgIpc) is 3.33. The van der Waals surface area contributed by atoms with Crippen molar-refractivity contribution >= 4 is 40.6 Å². The first-order chi connectivity index (χ1) is 16.3. The third-order valence-corrected chi connectivity index (χ3v) is 6.97. The van der Waals surface area contributed by atoms with Crippen LogP contribution in [0.3, 0.4) is 0 Å². The van der Waals surface area contributed by atoms with Gasteiger partial charge in [0.25, 0.3) is 0 Å². The van der Waals surface area contributed by atoms with Gasteiger partial charge in [0, 0.05) is 38.9 Å². The molecule has 34 heavy (non-hydrogen) atoms. The maximum Gasteiger partial charge on any atom is 0.336 e. The van der Waals surface area contributed by atoms with Crippen LogP contribution in [0.25, 0.3) is 21.8 Å². The summed E-state index contributed by atoms with van der Waals surface area (Å²) in [5, 5.41) is 3.48. The number of aromatic nitrogens is 1. The summed E-state index contributed by atoms with van der Waals surface area (Å²) in [6.45, 7) is 3.52. The lowest BCUT2D eigenvalue weighted by Crippen LogP contribution is -2.36. The molecular weight excluding hydrogens is 472 g/mol. The molecule has 4 rings (SSSR count). The van der Waals surface area contributed by atoms with E-state index < -0.39 is 23.8 Å². The summed E-state index contributed by atoms with van der Waals surface area (Å²) in [7, 11) is 2.65. The van der Waals surface area contributed by atoms with E-state index in [1.807, 2.05) is 53.9 Å². The van der Waals surface area contributed by atoms with Gasteiger partial charge in [-0.05, 0) is 37.6 Å². The second-order valence-corrected chi connectivity index (χ2v) is 9.19. The summed E-state index contributed by atoms with van der Waals surface area (Å²) < 4.78 is 10.1. The maximum atomic E-state index is 12.8. The molecule has 2 heterocycles. The number of aliphatic imine (C=N–C) groups is 1. The fourth-order valence-corrected chi connectivity index (χ4v) is 5.18. The molecule has 0 bridgehead atoms. The quantitative estimate of drug-likeness (QED) is 0.411. The molecule has 2 atom stereocenters. The van der Waals surface area contributed by atoms with Gasteiger partial charge >= 0.3 is 11.9 Å². The number of hydrogen-bond acceptors (Lipinski definition) is 7. The molecule has 1 aromatic heterocycles. The molecule has 2 unspecified atom stereocenters. The lowest BCUT2D eigenvalue weighted by Gasteiger charge is -2.31. The Morgan fingerprint density at radius 1 is 1.00 bits per heavy atom. The number of esters is 2. The Kier molecular flexibility index (Phi) is 6.95.